The number of fused-ring (bicyclic) bond motifs is 1. The number of hydrogen-bond donors (Lipinski definition) is 1. The van der Waals surface area contributed by atoms with Gasteiger partial charge in [0.05, 0.1) is 9.92 Å². The summed E-state index contributed by atoms with van der Waals surface area (Å²) in [4.78, 5) is 2.91. The summed E-state index contributed by atoms with van der Waals surface area (Å²) in [5.74, 6) is 0. The maximum Gasteiger partial charge on any atom is 0.261 e. The molecule has 0 saturated heterocycles. The van der Waals surface area contributed by atoms with Crippen molar-refractivity contribution in [2.45, 2.75) is 4.90 Å². The van der Waals surface area contributed by atoms with Gasteiger partial charge in [-0.2, -0.15) is 0 Å². The average molecular weight is 250 g/mol. The summed E-state index contributed by atoms with van der Waals surface area (Å²) in [7, 11) is 1.52. The highest BCUT2D eigenvalue weighted by Crippen LogP contribution is 2.26. The van der Waals surface area contributed by atoms with Gasteiger partial charge >= 0.3 is 0 Å². The van der Waals surface area contributed by atoms with E-state index in [2.05, 4.69) is 4.98 Å². The van der Waals surface area contributed by atoms with Crippen LogP contribution < -0.4 is 0 Å². The van der Waals surface area contributed by atoms with Crippen LogP contribution in [-0.2, 0) is 9.05 Å². The topological polar surface area (TPSA) is 49.9 Å². The number of benzene rings is 1. The van der Waals surface area contributed by atoms with Gasteiger partial charge in [0.15, 0.2) is 0 Å². The molecule has 1 heterocycles. The predicted octanol–water partition coefficient (Wildman–Crippen LogP) is 2.75. The van der Waals surface area contributed by atoms with E-state index in [9.17, 15) is 8.42 Å². The van der Waals surface area contributed by atoms with Gasteiger partial charge in [-0.25, -0.2) is 8.42 Å². The molecule has 0 amide bonds. The molecule has 0 aliphatic rings. The zero-order valence-electron chi connectivity index (χ0n) is 6.79. The highest BCUT2D eigenvalue weighted by atomic mass is 35.7. The highest BCUT2D eigenvalue weighted by molar-refractivity contribution is 8.13. The number of nitrogens with one attached hydrogen (secondary N) is 1. The van der Waals surface area contributed by atoms with Crippen molar-refractivity contribution in [1.29, 1.82) is 0 Å². The van der Waals surface area contributed by atoms with Gasteiger partial charge in [0.2, 0.25) is 0 Å². The molecule has 74 valence electrons. The van der Waals surface area contributed by atoms with Gasteiger partial charge in [-0.05, 0) is 18.2 Å². The fraction of sp³-hybridized carbons (Fsp3) is 0. The Balaban J connectivity index is 2.76. The Labute approximate surface area is 90.1 Å². The second kappa shape index (κ2) is 3.15. The second-order valence-electron chi connectivity index (χ2n) is 2.78. The Hall–Kier alpha value is -0.710. The Morgan fingerprint density at radius 2 is 2.00 bits per heavy atom. The lowest BCUT2D eigenvalue weighted by atomic mass is 10.2. The number of hydrogen-bond acceptors (Lipinski definition) is 2. The lowest BCUT2D eigenvalue weighted by Crippen LogP contribution is -1.89. The minimum atomic E-state index is -3.68. The Morgan fingerprint density at radius 1 is 1.29 bits per heavy atom. The summed E-state index contributed by atoms with van der Waals surface area (Å²) in [6, 6.07) is 4.48. The first-order chi connectivity index (χ1) is 6.48. The minimum Gasteiger partial charge on any atom is -0.360 e. The Kier molecular flexibility index (Phi) is 2.21. The molecule has 2 rings (SSSR count). The summed E-state index contributed by atoms with van der Waals surface area (Å²) < 4.78 is 22.0. The van der Waals surface area contributed by atoms with E-state index >= 15 is 0 Å². The standard InChI is InChI=1S/C8H5Cl2NO2S/c9-7-4-11-8-3-5(14(10,12)13)1-2-6(7)8/h1-4,11H. The normalized spacial score (nSPS) is 12.1. The third kappa shape index (κ3) is 1.61. The summed E-state index contributed by atoms with van der Waals surface area (Å²) in [6.45, 7) is 0. The van der Waals surface area contributed by atoms with Crippen molar-refractivity contribution in [1.82, 2.24) is 4.98 Å². The summed E-state index contributed by atoms with van der Waals surface area (Å²) >= 11 is 5.83. The first kappa shape index (κ1) is 9.83. The Bertz CT molecular complexity index is 588. The maximum atomic E-state index is 11.0. The van der Waals surface area contributed by atoms with Gasteiger partial charge in [-0.3, -0.25) is 0 Å². The van der Waals surface area contributed by atoms with E-state index in [-0.39, 0.29) is 4.90 Å². The molecular formula is C8H5Cl2NO2S. The van der Waals surface area contributed by atoms with Crippen LogP contribution in [0.15, 0.2) is 29.3 Å². The van der Waals surface area contributed by atoms with E-state index in [4.69, 9.17) is 22.3 Å². The molecular weight excluding hydrogens is 245 g/mol. The van der Waals surface area contributed by atoms with Crippen molar-refractivity contribution < 1.29 is 8.42 Å². The van der Waals surface area contributed by atoms with Crippen LogP contribution in [0.1, 0.15) is 0 Å². The van der Waals surface area contributed by atoms with Crippen molar-refractivity contribution >= 4 is 42.2 Å². The van der Waals surface area contributed by atoms with E-state index in [1.807, 2.05) is 0 Å². The maximum absolute atomic E-state index is 11.0. The van der Waals surface area contributed by atoms with Crippen LogP contribution in [0.2, 0.25) is 5.02 Å². The number of H-pyrrole nitrogens is 1. The monoisotopic (exact) mass is 249 g/mol. The summed E-state index contributed by atoms with van der Waals surface area (Å²) in [5.41, 5.74) is 0.650. The largest absolute Gasteiger partial charge is 0.360 e. The smallest absolute Gasteiger partial charge is 0.261 e. The zero-order valence-corrected chi connectivity index (χ0v) is 9.12. The third-order valence-electron chi connectivity index (χ3n) is 1.88. The van der Waals surface area contributed by atoms with Crippen LogP contribution in [-0.4, -0.2) is 13.4 Å². The molecule has 1 aromatic heterocycles. The van der Waals surface area contributed by atoms with Crippen molar-refractivity contribution in [3.05, 3.63) is 29.4 Å². The molecule has 3 nitrogen and oxygen atoms in total. The van der Waals surface area contributed by atoms with Gasteiger partial charge in [0.25, 0.3) is 9.05 Å². The van der Waals surface area contributed by atoms with Crippen LogP contribution in [0.5, 0.6) is 0 Å². The van der Waals surface area contributed by atoms with Crippen LogP contribution >= 0.6 is 22.3 Å². The molecule has 0 fully saturated rings. The van der Waals surface area contributed by atoms with Crippen LogP contribution in [0, 0.1) is 0 Å². The molecule has 2 aromatic rings. The number of rotatable bonds is 1. The van der Waals surface area contributed by atoms with Crippen molar-refractivity contribution in [2.24, 2.45) is 0 Å². The molecule has 0 bridgehead atoms. The van der Waals surface area contributed by atoms with E-state index in [0.29, 0.717) is 10.5 Å². The summed E-state index contributed by atoms with van der Waals surface area (Å²) in [6.07, 6.45) is 1.59. The molecule has 6 heteroatoms. The van der Waals surface area contributed by atoms with Crippen LogP contribution in [0.3, 0.4) is 0 Å². The molecule has 1 aromatic carbocycles. The fourth-order valence-corrected chi connectivity index (χ4v) is 2.22. The van der Waals surface area contributed by atoms with E-state index < -0.39 is 9.05 Å². The summed E-state index contributed by atoms with van der Waals surface area (Å²) in [5, 5.41) is 1.33. The third-order valence-corrected chi connectivity index (χ3v) is 3.55. The minimum absolute atomic E-state index is 0.0604. The molecule has 0 radical (unpaired) electrons. The van der Waals surface area contributed by atoms with Crippen molar-refractivity contribution in [2.75, 3.05) is 0 Å². The highest BCUT2D eigenvalue weighted by Gasteiger charge is 2.11. The van der Waals surface area contributed by atoms with Crippen molar-refractivity contribution in [3.63, 3.8) is 0 Å². The molecule has 0 aliphatic carbocycles. The van der Waals surface area contributed by atoms with Gasteiger partial charge in [0, 0.05) is 27.8 Å². The second-order valence-corrected chi connectivity index (χ2v) is 5.75. The van der Waals surface area contributed by atoms with Gasteiger partial charge in [-0.15, -0.1) is 0 Å². The SMILES string of the molecule is O=S(=O)(Cl)c1ccc2c(Cl)c[nH]c2c1. The quantitative estimate of drug-likeness (QED) is 0.791. The Morgan fingerprint density at radius 3 is 2.64 bits per heavy atom. The molecule has 0 atom stereocenters. The number of aromatic nitrogens is 1. The first-order valence-electron chi connectivity index (χ1n) is 3.70. The van der Waals surface area contributed by atoms with E-state index in [1.54, 1.807) is 12.3 Å². The lowest BCUT2D eigenvalue weighted by Gasteiger charge is -1.95. The van der Waals surface area contributed by atoms with Gasteiger partial charge < -0.3 is 4.98 Å². The predicted molar refractivity (Wildman–Crippen MR) is 56.3 cm³/mol. The first-order valence-corrected chi connectivity index (χ1v) is 6.38. The van der Waals surface area contributed by atoms with E-state index in [0.717, 1.165) is 5.39 Å². The van der Waals surface area contributed by atoms with Crippen LogP contribution in [0.25, 0.3) is 10.9 Å². The molecule has 0 unspecified atom stereocenters. The number of halogens is 2. The van der Waals surface area contributed by atoms with Gasteiger partial charge in [0.1, 0.15) is 0 Å². The number of aromatic amines is 1. The lowest BCUT2D eigenvalue weighted by molar-refractivity contribution is 0.609. The molecule has 0 aliphatic heterocycles. The molecule has 14 heavy (non-hydrogen) atoms. The molecule has 0 spiro atoms. The van der Waals surface area contributed by atoms with Gasteiger partial charge in [-0.1, -0.05) is 11.6 Å². The van der Waals surface area contributed by atoms with Crippen molar-refractivity contribution in [3.8, 4) is 0 Å². The van der Waals surface area contributed by atoms with Crippen LogP contribution in [0.4, 0.5) is 0 Å². The average Bonchev–Trinajstić information content (AvgIpc) is 2.46. The molecule has 0 saturated carbocycles. The zero-order chi connectivity index (χ0) is 10.3. The molecule has 1 N–H and O–H groups in total. The fourth-order valence-electron chi connectivity index (χ4n) is 1.22. The van der Waals surface area contributed by atoms with E-state index in [1.165, 1.54) is 12.1 Å².